The molecule has 0 bridgehead atoms. The Morgan fingerprint density at radius 1 is 0.949 bits per heavy atom. The van der Waals surface area contributed by atoms with Gasteiger partial charge in [-0.15, -0.1) is 0 Å². The van der Waals surface area contributed by atoms with Crippen LogP contribution in [0.2, 0.25) is 36.3 Å². The Morgan fingerprint density at radius 2 is 1.54 bits per heavy atom. The van der Waals surface area contributed by atoms with Gasteiger partial charge >= 0.3 is 0 Å². The number of aliphatic hydroxyl groups excluding tert-OH is 1. The van der Waals surface area contributed by atoms with Crippen LogP contribution in [0.3, 0.4) is 0 Å². The standard InChI is InChI=1S/C33H63NO3Si2/c1-14-25(35)22-21-26-32(8,20-18-28(36)34(26)38(10,11)30(2,3)4)24-17-19-33(9)23(29(22)24)15-16-27(33)37-39(12,13)31(5,6)7/h22-27,29,35H,14-21H2,1-13H3/t22-,23+,24+,25?,26-,27+,29+,32-,33+/m1/s1. The predicted molar refractivity (Wildman–Crippen MR) is 169 cm³/mol. The molecule has 1 amide bonds. The molecule has 4 aliphatic rings. The topological polar surface area (TPSA) is 49.8 Å². The maximum absolute atomic E-state index is 13.8. The van der Waals surface area contributed by atoms with Gasteiger partial charge in [-0.3, -0.25) is 4.79 Å². The zero-order valence-corrected chi connectivity index (χ0v) is 29.9. The number of carbonyl (C=O) groups is 1. The van der Waals surface area contributed by atoms with Gasteiger partial charge in [-0.05, 0) is 103 Å². The number of piperidine rings is 1. The minimum absolute atomic E-state index is 0.113. The van der Waals surface area contributed by atoms with Gasteiger partial charge in [0.25, 0.3) is 0 Å². The molecule has 1 N–H and O–H groups in total. The second-order valence-corrected chi connectivity index (χ2v) is 27.6. The van der Waals surface area contributed by atoms with Crippen LogP contribution < -0.4 is 0 Å². The lowest BCUT2D eigenvalue weighted by Gasteiger charge is -2.67. The molecular weight excluding hydrogens is 515 g/mol. The zero-order chi connectivity index (χ0) is 29.6. The summed E-state index contributed by atoms with van der Waals surface area (Å²) in [7, 11) is -3.93. The van der Waals surface area contributed by atoms with Gasteiger partial charge in [0.15, 0.2) is 16.6 Å². The molecule has 39 heavy (non-hydrogen) atoms. The van der Waals surface area contributed by atoms with E-state index in [1.807, 2.05) is 0 Å². The summed E-state index contributed by atoms with van der Waals surface area (Å²) < 4.78 is 9.68. The molecule has 4 fully saturated rings. The number of amides is 1. The van der Waals surface area contributed by atoms with Crippen molar-refractivity contribution in [3.05, 3.63) is 0 Å². The Hall–Kier alpha value is -0.176. The van der Waals surface area contributed by atoms with E-state index in [2.05, 4.69) is 93.1 Å². The second kappa shape index (κ2) is 9.94. The summed E-state index contributed by atoms with van der Waals surface area (Å²) in [6.07, 6.45) is 8.39. The number of fused-ring (bicyclic) bond motifs is 5. The highest BCUT2D eigenvalue weighted by Gasteiger charge is 2.66. The van der Waals surface area contributed by atoms with Crippen molar-refractivity contribution in [1.82, 2.24) is 4.57 Å². The summed E-state index contributed by atoms with van der Waals surface area (Å²) in [5, 5.41) is 12.0. The van der Waals surface area contributed by atoms with E-state index in [1.165, 1.54) is 25.7 Å². The van der Waals surface area contributed by atoms with E-state index in [4.69, 9.17) is 4.43 Å². The van der Waals surface area contributed by atoms with Gasteiger partial charge in [-0.1, -0.05) is 75.4 Å². The molecule has 3 saturated carbocycles. The molecule has 9 atom stereocenters. The first-order valence-electron chi connectivity index (χ1n) is 16.3. The number of aliphatic hydroxyl groups is 1. The van der Waals surface area contributed by atoms with Gasteiger partial charge in [0.05, 0.1) is 12.2 Å². The molecule has 226 valence electrons. The molecule has 1 unspecified atom stereocenters. The smallest absolute Gasteiger partial charge is 0.214 e. The van der Waals surface area contributed by atoms with Crippen LogP contribution in [0, 0.1) is 34.5 Å². The van der Waals surface area contributed by atoms with Crippen LogP contribution in [0.5, 0.6) is 0 Å². The first-order valence-corrected chi connectivity index (χ1v) is 22.2. The summed E-state index contributed by atoms with van der Waals surface area (Å²) in [6.45, 7) is 31.0. The van der Waals surface area contributed by atoms with Gasteiger partial charge < -0.3 is 14.1 Å². The van der Waals surface area contributed by atoms with Crippen molar-refractivity contribution in [3.8, 4) is 0 Å². The molecule has 4 nitrogen and oxygen atoms in total. The van der Waals surface area contributed by atoms with Crippen molar-refractivity contribution in [2.75, 3.05) is 0 Å². The van der Waals surface area contributed by atoms with E-state index in [0.717, 1.165) is 19.3 Å². The maximum Gasteiger partial charge on any atom is 0.214 e. The van der Waals surface area contributed by atoms with Crippen molar-refractivity contribution in [2.24, 2.45) is 34.5 Å². The predicted octanol–water partition coefficient (Wildman–Crippen LogP) is 8.61. The molecule has 3 aliphatic carbocycles. The molecule has 0 spiro atoms. The molecule has 0 aromatic carbocycles. The number of nitrogens with zero attached hydrogens (tertiary/aromatic N) is 1. The minimum Gasteiger partial charge on any atom is -0.413 e. The molecule has 0 aromatic rings. The molecule has 1 aliphatic heterocycles. The lowest BCUT2D eigenvalue weighted by atomic mass is 9.44. The molecule has 0 aromatic heterocycles. The maximum atomic E-state index is 13.8. The van der Waals surface area contributed by atoms with E-state index in [0.29, 0.717) is 36.2 Å². The van der Waals surface area contributed by atoms with Gasteiger partial charge in [0.1, 0.15) is 0 Å². The quantitative estimate of drug-likeness (QED) is 0.333. The number of hydrogen-bond donors (Lipinski definition) is 1. The van der Waals surface area contributed by atoms with Crippen LogP contribution >= 0.6 is 0 Å². The van der Waals surface area contributed by atoms with Crippen molar-refractivity contribution >= 4 is 22.5 Å². The highest BCUT2D eigenvalue weighted by molar-refractivity contribution is 6.79. The van der Waals surface area contributed by atoms with E-state index in [-0.39, 0.29) is 39.0 Å². The first-order chi connectivity index (χ1) is 17.6. The average molecular weight is 578 g/mol. The Kier molecular flexibility index (Phi) is 8.09. The van der Waals surface area contributed by atoms with Gasteiger partial charge in [0.2, 0.25) is 5.91 Å². The van der Waals surface area contributed by atoms with Crippen LogP contribution in [0.15, 0.2) is 0 Å². The van der Waals surface area contributed by atoms with Crippen molar-refractivity contribution < 1.29 is 14.3 Å². The number of hydrogen-bond acceptors (Lipinski definition) is 3. The zero-order valence-electron chi connectivity index (χ0n) is 27.9. The van der Waals surface area contributed by atoms with Crippen LogP contribution in [0.4, 0.5) is 0 Å². The fourth-order valence-corrected chi connectivity index (χ4v) is 13.5. The van der Waals surface area contributed by atoms with E-state index in [9.17, 15) is 9.90 Å². The highest BCUT2D eigenvalue weighted by Crippen LogP contribution is 2.68. The van der Waals surface area contributed by atoms with E-state index < -0.39 is 16.6 Å². The Labute approximate surface area is 243 Å². The summed E-state index contributed by atoms with van der Waals surface area (Å²) in [5.41, 5.74) is 0.326. The van der Waals surface area contributed by atoms with E-state index in [1.54, 1.807) is 0 Å². The Balaban J connectivity index is 1.74. The van der Waals surface area contributed by atoms with Gasteiger partial charge in [-0.2, -0.15) is 0 Å². The van der Waals surface area contributed by atoms with Gasteiger partial charge in [0, 0.05) is 12.5 Å². The lowest BCUT2D eigenvalue weighted by Crippen LogP contribution is -2.72. The monoisotopic (exact) mass is 577 g/mol. The van der Waals surface area contributed by atoms with E-state index >= 15 is 0 Å². The molecule has 1 heterocycles. The van der Waals surface area contributed by atoms with Crippen molar-refractivity contribution in [3.63, 3.8) is 0 Å². The molecular formula is C33H63NO3Si2. The summed E-state index contributed by atoms with van der Waals surface area (Å²) in [5.74, 6) is 2.37. The lowest BCUT2D eigenvalue weighted by molar-refractivity contribution is -0.175. The highest BCUT2D eigenvalue weighted by atomic mass is 28.4. The summed E-state index contributed by atoms with van der Waals surface area (Å²) >= 11 is 0. The van der Waals surface area contributed by atoms with Crippen LogP contribution in [0.1, 0.15) is 114 Å². The summed E-state index contributed by atoms with van der Waals surface area (Å²) in [4.78, 5) is 13.8. The Morgan fingerprint density at radius 3 is 2.08 bits per heavy atom. The Bertz CT molecular complexity index is 936. The number of carbonyl (C=O) groups excluding carboxylic acids is 1. The second-order valence-electron chi connectivity index (χ2n) is 17.7. The van der Waals surface area contributed by atoms with Crippen molar-refractivity contribution in [2.45, 2.75) is 168 Å². The van der Waals surface area contributed by atoms with Gasteiger partial charge in [-0.25, -0.2) is 0 Å². The molecule has 1 saturated heterocycles. The van der Waals surface area contributed by atoms with Crippen LogP contribution in [-0.2, 0) is 9.22 Å². The third-order valence-corrected chi connectivity index (χ3v) is 23.8. The summed E-state index contributed by atoms with van der Waals surface area (Å²) in [6, 6.07) is 0.261. The third kappa shape index (κ3) is 4.87. The SMILES string of the molecule is CCC(O)[C@H]1C[C@H]2N([Si](C)(C)C(C)(C)C)C(=O)CC[C@]2(C)[C@H]2CC[C@]3(C)[C@@H](O[Si](C)(C)C(C)(C)C)CC[C@H]3[C@H]12. The molecule has 4 rings (SSSR count). The minimum atomic E-state index is -2.06. The fraction of sp³-hybridized carbons (Fsp3) is 0.970. The molecule has 6 heteroatoms. The van der Waals surface area contributed by atoms with Crippen molar-refractivity contribution in [1.29, 1.82) is 0 Å². The van der Waals surface area contributed by atoms with Crippen LogP contribution in [0.25, 0.3) is 0 Å². The molecule has 0 radical (unpaired) electrons. The number of rotatable bonds is 5. The fourth-order valence-electron chi connectivity index (χ4n) is 9.37. The first kappa shape index (κ1) is 31.8. The average Bonchev–Trinajstić information content (AvgIpc) is 3.12. The largest absolute Gasteiger partial charge is 0.413 e. The normalized spacial score (nSPS) is 40.7. The third-order valence-electron chi connectivity index (χ3n) is 13.9. The van der Waals surface area contributed by atoms with Crippen LogP contribution in [-0.4, -0.2) is 50.4 Å².